The molecule has 1 aromatic carbocycles. The highest BCUT2D eigenvalue weighted by molar-refractivity contribution is 7.16. The van der Waals surface area contributed by atoms with Crippen molar-refractivity contribution in [1.82, 2.24) is 14.3 Å². The van der Waals surface area contributed by atoms with E-state index in [1.807, 2.05) is 71.4 Å². The van der Waals surface area contributed by atoms with Gasteiger partial charge in [0.25, 0.3) is 0 Å². The topological polar surface area (TPSA) is 46.8 Å². The number of carbonyl (C=O) groups is 1. The fourth-order valence-corrected chi connectivity index (χ4v) is 4.07. The molecule has 0 N–H and O–H groups in total. The summed E-state index contributed by atoms with van der Waals surface area (Å²) < 4.78 is 8.52. The number of halogens is 1. The summed E-state index contributed by atoms with van der Waals surface area (Å²) in [6.45, 7) is 0.934. The molecule has 0 radical (unpaired) electrons. The number of hydrogen-bond acceptors (Lipinski definition) is 4. The van der Waals surface area contributed by atoms with E-state index in [0.717, 1.165) is 31.9 Å². The number of amides is 1. The van der Waals surface area contributed by atoms with Crippen molar-refractivity contribution in [3.05, 3.63) is 93.5 Å². The van der Waals surface area contributed by atoms with Crippen LogP contribution in [-0.4, -0.2) is 27.2 Å². The number of benzene rings is 1. The highest BCUT2D eigenvalue weighted by atomic mass is 35.5. The maximum Gasteiger partial charge on any atom is 0.246 e. The van der Waals surface area contributed by atoms with Crippen molar-refractivity contribution < 1.29 is 9.53 Å². The van der Waals surface area contributed by atoms with E-state index in [4.69, 9.17) is 16.3 Å². The van der Waals surface area contributed by atoms with Crippen molar-refractivity contribution in [2.75, 3.05) is 7.05 Å². The average molecular weight is 438 g/mol. The van der Waals surface area contributed by atoms with Gasteiger partial charge in [-0.15, -0.1) is 11.3 Å². The summed E-state index contributed by atoms with van der Waals surface area (Å²) >= 11 is 7.42. The smallest absolute Gasteiger partial charge is 0.246 e. The molecule has 152 valence electrons. The monoisotopic (exact) mass is 437 g/mol. The summed E-state index contributed by atoms with van der Waals surface area (Å²) in [6, 6.07) is 17.3. The Morgan fingerprint density at radius 3 is 2.77 bits per heavy atom. The number of pyridine rings is 1. The van der Waals surface area contributed by atoms with Crippen molar-refractivity contribution in [3.63, 3.8) is 0 Å². The van der Waals surface area contributed by atoms with Gasteiger partial charge in [0.05, 0.1) is 16.6 Å². The molecule has 1 amide bonds. The number of ether oxygens (including phenoxy) is 1. The molecule has 7 heteroatoms. The lowest BCUT2D eigenvalue weighted by Gasteiger charge is -2.13. The lowest BCUT2D eigenvalue weighted by atomic mass is 10.2. The van der Waals surface area contributed by atoms with E-state index in [1.54, 1.807) is 24.1 Å². The molecule has 0 bridgehead atoms. The minimum absolute atomic E-state index is 0.0632. The number of imidazole rings is 1. The van der Waals surface area contributed by atoms with Crippen molar-refractivity contribution in [2.45, 2.75) is 13.2 Å². The van der Waals surface area contributed by atoms with E-state index < -0.39 is 0 Å². The number of aromatic nitrogens is 2. The van der Waals surface area contributed by atoms with Gasteiger partial charge in [-0.2, -0.15) is 0 Å². The molecule has 0 saturated heterocycles. The number of nitrogens with zero attached hydrogens (tertiary/aromatic N) is 3. The molecule has 0 aliphatic heterocycles. The predicted octanol–water partition coefficient (Wildman–Crippen LogP) is 5.30. The molecule has 4 rings (SSSR count). The highest BCUT2D eigenvalue weighted by Gasteiger charge is 2.08. The third kappa shape index (κ3) is 5.09. The van der Waals surface area contributed by atoms with Gasteiger partial charge in [0.1, 0.15) is 18.0 Å². The van der Waals surface area contributed by atoms with Gasteiger partial charge < -0.3 is 14.0 Å². The molecular formula is C23H20ClN3O2S. The van der Waals surface area contributed by atoms with Crippen LogP contribution >= 0.6 is 22.9 Å². The standard InChI is InChI=1S/C23H20ClN3O2S/c1-26(15-20-10-11-21(24)30-20)23(28)12-7-17-5-8-19(9-6-17)29-16-18-14-27-13-3-2-4-22(27)25-18/h2-14H,15-16H2,1H3/b12-7+. The van der Waals surface area contributed by atoms with Gasteiger partial charge in [-0.1, -0.05) is 29.8 Å². The molecule has 3 aromatic heterocycles. The first-order chi connectivity index (χ1) is 14.6. The molecule has 0 fully saturated rings. The number of likely N-dealkylation sites (N-methyl/N-ethyl adjacent to an activating group) is 1. The average Bonchev–Trinajstić information content (AvgIpc) is 3.36. The largest absolute Gasteiger partial charge is 0.487 e. The van der Waals surface area contributed by atoms with Crippen molar-refractivity contribution in [3.8, 4) is 5.75 Å². The zero-order valence-electron chi connectivity index (χ0n) is 16.4. The minimum Gasteiger partial charge on any atom is -0.487 e. The third-order valence-corrected chi connectivity index (χ3v) is 5.71. The molecule has 4 aromatic rings. The summed E-state index contributed by atoms with van der Waals surface area (Å²) in [4.78, 5) is 19.5. The molecule has 0 unspecified atom stereocenters. The Labute approximate surface area is 183 Å². The minimum atomic E-state index is -0.0632. The number of hydrogen-bond donors (Lipinski definition) is 0. The van der Waals surface area contributed by atoms with E-state index in [2.05, 4.69) is 4.98 Å². The second-order valence-corrected chi connectivity index (χ2v) is 8.59. The van der Waals surface area contributed by atoms with E-state index in [1.165, 1.54) is 11.3 Å². The molecule has 0 aliphatic carbocycles. The maximum absolute atomic E-state index is 12.3. The molecule has 0 atom stereocenters. The Morgan fingerprint density at radius 2 is 2.03 bits per heavy atom. The van der Waals surface area contributed by atoms with Crippen LogP contribution in [0.25, 0.3) is 11.7 Å². The van der Waals surface area contributed by atoms with Gasteiger partial charge in [-0.05, 0) is 48.0 Å². The van der Waals surface area contributed by atoms with Crippen LogP contribution in [0, 0.1) is 0 Å². The van der Waals surface area contributed by atoms with Gasteiger partial charge in [0, 0.05) is 30.4 Å². The Kier molecular flexibility index (Phi) is 6.16. The number of carbonyl (C=O) groups excluding carboxylic acids is 1. The van der Waals surface area contributed by atoms with Crippen LogP contribution in [0.4, 0.5) is 0 Å². The SMILES string of the molecule is CN(Cc1ccc(Cl)s1)C(=O)/C=C/c1ccc(OCc2cn3ccccc3n2)cc1. The van der Waals surface area contributed by atoms with Gasteiger partial charge in [0.15, 0.2) is 0 Å². The Morgan fingerprint density at radius 1 is 1.20 bits per heavy atom. The highest BCUT2D eigenvalue weighted by Crippen LogP contribution is 2.22. The number of rotatable bonds is 7. The second kappa shape index (κ2) is 9.15. The van der Waals surface area contributed by atoms with Crippen LogP contribution in [0.5, 0.6) is 5.75 Å². The lowest BCUT2D eigenvalue weighted by Crippen LogP contribution is -2.23. The van der Waals surface area contributed by atoms with Gasteiger partial charge in [0.2, 0.25) is 5.91 Å². The van der Waals surface area contributed by atoms with Crippen LogP contribution in [0.15, 0.2) is 73.1 Å². The van der Waals surface area contributed by atoms with Gasteiger partial charge in [-0.3, -0.25) is 4.79 Å². The zero-order valence-corrected chi connectivity index (χ0v) is 17.9. The Hall–Kier alpha value is -3.09. The Bertz CT molecular complexity index is 1150. The summed E-state index contributed by atoms with van der Waals surface area (Å²) in [6.07, 6.45) is 7.29. The van der Waals surface area contributed by atoms with Gasteiger partial charge in [-0.25, -0.2) is 4.98 Å². The molecule has 3 heterocycles. The predicted molar refractivity (Wildman–Crippen MR) is 121 cm³/mol. The summed E-state index contributed by atoms with van der Waals surface area (Å²) in [7, 11) is 1.77. The first-order valence-corrected chi connectivity index (χ1v) is 10.6. The van der Waals surface area contributed by atoms with E-state index >= 15 is 0 Å². The van der Waals surface area contributed by atoms with Crippen LogP contribution in [0.3, 0.4) is 0 Å². The van der Waals surface area contributed by atoms with Crippen molar-refractivity contribution >= 4 is 40.6 Å². The first-order valence-electron chi connectivity index (χ1n) is 9.40. The van der Waals surface area contributed by atoms with Gasteiger partial charge >= 0.3 is 0 Å². The van der Waals surface area contributed by atoms with E-state index in [-0.39, 0.29) is 5.91 Å². The lowest BCUT2D eigenvalue weighted by molar-refractivity contribution is -0.125. The number of thiophene rings is 1. The zero-order chi connectivity index (χ0) is 20.9. The van der Waals surface area contributed by atoms with Crippen molar-refractivity contribution in [1.29, 1.82) is 0 Å². The molecule has 0 saturated carbocycles. The first kappa shape index (κ1) is 20.2. The second-order valence-electron chi connectivity index (χ2n) is 6.79. The molecule has 30 heavy (non-hydrogen) atoms. The van der Waals surface area contributed by atoms with Crippen molar-refractivity contribution in [2.24, 2.45) is 0 Å². The molecule has 5 nitrogen and oxygen atoms in total. The maximum atomic E-state index is 12.3. The fraction of sp³-hybridized carbons (Fsp3) is 0.130. The normalized spacial score (nSPS) is 11.3. The number of fused-ring (bicyclic) bond motifs is 1. The quantitative estimate of drug-likeness (QED) is 0.368. The van der Waals surface area contributed by atoms with Crippen LogP contribution < -0.4 is 4.74 Å². The molecule has 0 spiro atoms. The summed E-state index contributed by atoms with van der Waals surface area (Å²) in [5.41, 5.74) is 2.69. The third-order valence-electron chi connectivity index (χ3n) is 4.50. The molecular weight excluding hydrogens is 418 g/mol. The van der Waals surface area contributed by atoms with E-state index in [0.29, 0.717) is 13.2 Å². The Balaban J connectivity index is 1.30. The van der Waals surface area contributed by atoms with Crippen LogP contribution in [0.1, 0.15) is 16.1 Å². The molecule has 0 aliphatic rings. The summed E-state index contributed by atoms with van der Waals surface area (Å²) in [5.74, 6) is 0.689. The summed E-state index contributed by atoms with van der Waals surface area (Å²) in [5, 5.41) is 0. The van der Waals surface area contributed by atoms with E-state index in [9.17, 15) is 4.79 Å². The van der Waals surface area contributed by atoms with Crippen LogP contribution in [-0.2, 0) is 17.9 Å². The van der Waals surface area contributed by atoms with Crippen LogP contribution in [0.2, 0.25) is 4.34 Å². The fourth-order valence-electron chi connectivity index (χ4n) is 2.93.